The third-order valence-electron chi connectivity index (χ3n) is 1.87. The second-order valence-electron chi connectivity index (χ2n) is 2.98. The summed E-state index contributed by atoms with van der Waals surface area (Å²) in [5.74, 6) is 0.349. The fourth-order valence-corrected chi connectivity index (χ4v) is 1.28. The van der Waals surface area contributed by atoms with Crippen LogP contribution in [0.4, 0.5) is 0 Å². The monoisotopic (exact) mass is 211 g/mol. The van der Waals surface area contributed by atoms with Crippen LogP contribution in [0.1, 0.15) is 18.9 Å². The van der Waals surface area contributed by atoms with E-state index in [0.717, 1.165) is 11.4 Å². The van der Waals surface area contributed by atoms with Gasteiger partial charge in [0.1, 0.15) is 0 Å². The van der Waals surface area contributed by atoms with Gasteiger partial charge in [-0.3, -0.25) is 5.41 Å². The van der Waals surface area contributed by atoms with E-state index in [2.05, 4.69) is 0 Å². The van der Waals surface area contributed by atoms with E-state index in [1.165, 1.54) is 5.56 Å². The molecular formula is C11H14ClNO. The first-order valence-electron chi connectivity index (χ1n) is 4.67. The predicted octanol–water partition coefficient (Wildman–Crippen LogP) is 3.29. The van der Waals surface area contributed by atoms with Crippen LogP contribution in [0.2, 0.25) is 5.02 Å². The van der Waals surface area contributed by atoms with Crippen LogP contribution in [0.15, 0.2) is 24.3 Å². The van der Waals surface area contributed by atoms with Gasteiger partial charge in [0.05, 0.1) is 6.61 Å². The third kappa shape index (κ3) is 3.79. The molecule has 76 valence electrons. The molecule has 0 aliphatic carbocycles. The highest BCUT2D eigenvalue weighted by atomic mass is 35.5. The van der Waals surface area contributed by atoms with Crippen LogP contribution in [-0.2, 0) is 11.2 Å². The molecule has 0 radical (unpaired) electrons. The van der Waals surface area contributed by atoms with Crippen molar-refractivity contribution in [2.24, 2.45) is 0 Å². The zero-order chi connectivity index (χ0) is 10.4. The van der Waals surface area contributed by atoms with Crippen LogP contribution in [0, 0.1) is 5.41 Å². The maximum atomic E-state index is 7.43. The van der Waals surface area contributed by atoms with Crippen molar-refractivity contribution < 1.29 is 4.74 Å². The van der Waals surface area contributed by atoms with Crippen molar-refractivity contribution in [1.29, 1.82) is 5.41 Å². The Morgan fingerprint density at radius 2 is 2.00 bits per heavy atom. The lowest BCUT2D eigenvalue weighted by atomic mass is 10.1. The molecule has 0 amide bonds. The predicted molar refractivity (Wildman–Crippen MR) is 59.1 cm³/mol. The Hall–Kier alpha value is -1.02. The maximum Gasteiger partial charge on any atom is 0.180 e. The normalized spacial score (nSPS) is 9.86. The van der Waals surface area contributed by atoms with Crippen molar-refractivity contribution >= 4 is 17.5 Å². The number of hydrogen-bond acceptors (Lipinski definition) is 2. The molecule has 0 saturated heterocycles. The molecule has 0 aliphatic heterocycles. The Labute approximate surface area is 89.4 Å². The van der Waals surface area contributed by atoms with Crippen molar-refractivity contribution in [3.63, 3.8) is 0 Å². The number of ether oxygens (including phenoxy) is 1. The van der Waals surface area contributed by atoms with E-state index in [1.807, 2.05) is 31.2 Å². The van der Waals surface area contributed by atoms with Crippen molar-refractivity contribution in [2.75, 3.05) is 6.61 Å². The first-order valence-corrected chi connectivity index (χ1v) is 5.05. The van der Waals surface area contributed by atoms with Gasteiger partial charge in [-0.05, 0) is 31.0 Å². The standard InChI is InChI=1S/C11H14ClNO/c1-2-14-11(13)8-5-9-3-6-10(12)7-4-9/h3-4,6-7,13H,2,5,8H2,1H3. The van der Waals surface area contributed by atoms with Crippen molar-refractivity contribution in [2.45, 2.75) is 19.8 Å². The van der Waals surface area contributed by atoms with E-state index in [-0.39, 0.29) is 0 Å². The summed E-state index contributed by atoms with van der Waals surface area (Å²) in [5, 5.41) is 8.18. The van der Waals surface area contributed by atoms with Gasteiger partial charge in [-0.2, -0.15) is 0 Å². The van der Waals surface area contributed by atoms with Crippen LogP contribution in [-0.4, -0.2) is 12.5 Å². The highest BCUT2D eigenvalue weighted by Gasteiger charge is 1.98. The number of nitrogens with one attached hydrogen (secondary N) is 1. The molecule has 0 unspecified atom stereocenters. The number of hydrogen-bond donors (Lipinski definition) is 1. The second-order valence-corrected chi connectivity index (χ2v) is 3.42. The lowest BCUT2D eigenvalue weighted by Gasteiger charge is -2.04. The molecule has 14 heavy (non-hydrogen) atoms. The molecule has 0 aliphatic rings. The molecular weight excluding hydrogens is 198 g/mol. The molecule has 0 bridgehead atoms. The zero-order valence-corrected chi connectivity index (χ0v) is 8.97. The Morgan fingerprint density at radius 1 is 1.36 bits per heavy atom. The van der Waals surface area contributed by atoms with Crippen LogP contribution < -0.4 is 0 Å². The molecule has 3 heteroatoms. The Morgan fingerprint density at radius 3 is 2.57 bits per heavy atom. The third-order valence-corrected chi connectivity index (χ3v) is 2.12. The van der Waals surface area contributed by atoms with E-state index < -0.39 is 0 Å². The molecule has 0 atom stereocenters. The fourth-order valence-electron chi connectivity index (χ4n) is 1.16. The minimum Gasteiger partial charge on any atom is -0.481 e. The molecule has 0 aromatic heterocycles. The van der Waals surface area contributed by atoms with E-state index in [0.29, 0.717) is 18.9 Å². The minimum atomic E-state index is 0.349. The Balaban J connectivity index is 2.38. The molecule has 1 aromatic rings. The van der Waals surface area contributed by atoms with Crippen LogP contribution >= 0.6 is 11.6 Å². The van der Waals surface area contributed by atoms with Crippen molar-refractivity contribution in [3.8, 4) is 0 Å². The molecule has 1 rings (SSSR count). The molecule has 0 heterocycles. The largest absolute Gasteiger partial charge is 0.481 e. The average Bonchev–Trinajstić information content (AvgIpc) is 2.17. The SMILES string of the molecule is CCOC(=N)CCc1ccc(Cl)cc1. The van der Waals surface area contributed by atoms with E-state index in [1.54, 1.807) is 0 Å². The van der Waals surface area contributed by atoms with Gasteiger partial charge in [-0.1, -0.05) is 23.7 Å². The van der Waals surface area contributed by atoms with Gasteiger partial charge >= 0.3 is 0 Å². The first-order chi connectivity index (χ1) is 6.72. The van der Waals surface area contributed by atoms with Crippen molar-refractivity contribution in [3.05, 3.63) is 34.9 Å². The quantitative estimate of drug-likeness (QED) is 0.602. The van der Waals surface area contributed by atoms with Gasteiger partial charge < -0.3 is 4.74 Å². The summed E-state index contributed by atoms with van der Waals surface area (Å²) in [6.45, 7) is 2.45. The van der Waals surface area contributed by atoms with Gasteiger partial charge in [0.25, 0.3) is 0 Å². The fraction of sp³-hybridized carbons (Fsp3) is 0.364. The first kappa shape index (κ1) is 11.1. The number of aryl methyl sites for hydroxylation is 1. The number of halogens is 1. The summed E-state index contributed by atoms with van der Waals surface area (Å²) in [4.78, 5) is 0. The lowest BCUT2D eigenvalue weighted by Crippen LogP contribution is -2.04. The maximum absolute atomic E-state index is 7.43. The van der Waals surface area contributed by atoms with Crippen molar-refractivity contribution in [1.82, 2.24) is 0 Å². The van der Waals surface area contributed by atoms with Gasteiger partial charge in [0.15, 0.2) is 5.90 Å². The van der Waals surface area contributed by atoms with E-state index >= 15 is 0 Å². The minimum absolute atomic E-state index is 0.349. The van der Waals surface area contributed by atoms with Crippen LogP contribution in [0.3, 0.4) is 0 Å². The Bertz CT molecular complexity index is 295. The van der Waals surface area contributed by atoms with Gasteiger partial charge in [-0.25, -0.2) is 0 Å². The lowest BCUT2D eigenvalue weighted by molar-refractivity contribution is 0.314. The molecule has 0 spiro atoms. The van der Waals surface area contributed by atoms with E-state index in [9.17, 15) is 0 Å². The summed E-state index contributed by atoms with van der Waals surface area (Å²) < 4.78 is 5.04. The highest BCUT2D eigenvalue weighted by Crippen LogP contribution is 2.11. The molecule has 0 saturated carbocycles. The van der Waals surface area contributed by atoms with Gasteiger partial charge in [-0.15, -0.1) is 0 Å². The molecule has 1 aromatic carbocycles. The summed E-state index contributed by atoms with van der Waals surface area (Å²) >= 11 is 5.76. The Kier molecular flexibility index (Phi) is 4.47. The number of rotatable bonds is 4. The van der Waals surface area contributed by atoms with Crippen LogP contribution in [0.25, 0.3) is 0 Å². The topological polar surface area (TPSA) is 33.1 Å². The zero-order valence-electron chi connectivity index (χ0n) is 8.22. The number of benzene rings is 1. The summed E-state index contributed by atoms with van der Waals surface area (Å²) in [6, 6.07) is 7.67. The van der Waals surface area contributed by atoms with Crippen LogP contribution in [0.5, 0.6) is 0 Å². The highest BCUT2D eigenvalue weighted by molar-refractivity contribution is 6.30. The smallest absolute Gasteiger partial charge is 0.180 e. The molecule has 1 N–H and O–H groups in total. The summed E-state index contributed by atoms with van der Waals surface area (Å²) in [5.41, 5.74) is 1.18. The van der Waals surface area contributed by atoms with Gasteiger partial charge in [0, 0.05) is 11.4 Å². The summed E-state index contributed by atoms with van der Waals surface area (Å²) in [7, 11) is 0. The second kappa shape index (κ2) is 5.66. The molecule has 0 fully saturated rings. The van der Waals surface area contributed by atoms with Gasteiger partial charge in [0.2, 0.25) is 0 Å². The molecule has 2 nitrogen and oxygen atoms in total. The average molecular weight is 212 g/mol. The summed E-state index contributed by atoms with van der Waals surface area (Å²) in [6.07, 6.45) is 1.48. The van der Waals surface area contributed by atoms with E-state index in [4.69, 9.17) is 21.7 Å².